The van der Waals surface area contributed by atoms with Gasteiger partial charge in [-0.3, -0.25) is 0 Å². The molecule has 166 valence electrons. The Labute approximate surface area is 202 Å². The number of aromatic nitrogens is 1. The van der Waals surface area contributed by atoms with E-state index in [-0.39, 0.29) is 5.66 Å². The van der Waals surface area contributed by atoms with Gasteiger partial charge in [-0.25, -0.2) is 0 Å². The second-order valence-electron chi connectivity index (χ2n) is 8.62. The molecule has 0 aliphatic carbocycles. The van der Waals surface area contributed by atoms with Crippen molar-refractivity contribution in [2.24, 2.45) is 0 Å². The minimum Gasteiger partial charge on any atom is -0.347 e. The smallest absolute Gasteiger partial charge is 0.119 e. The molecule has 0 radical (unpaired) electrons. The zero-order valence-corrected chi connectivity index (χ0v) is 20.5. The van der Waals surface area contributed by atoms with E-state index in [2.05, 4.69) is 128 Å². The van der Waals surface area contributed by atoms with Crippen molar-refractivity contribution < 1.29 is 0 Å². The highest BCUT2D eigenvalue weighted by atomic mass is 31.2. The normalized spacial score (nSPS) is 12.4. The van der Waals surface area contributed by atoms with Crippen molar-refractivity contribution in [2.75, 3.05) is 0 Å². The lowest BCUT2D eigenvalue weighted by atomic mass is 10.1. The predicted octanol–water partition coefficient (Wildman–Crippen LogP) is 6.59. The van der Waals surface area contributed by atoms with E-state index < -0.39 is 7.26 Å². The van der Waals surface area contributed by atoms with Crippen LogP contribution in [0.15, 0.2) is 115 Å². The number of benzene rings is 4. The minimum absolute atomic E-state index is 0.239. The molecule has 1 aromatic heterocycles. The van der Waals surface area contributed by atoms with Crippen molar-refractivity contribution in [1.29, 1.82) is 5.26 Å². The van der Waals surface area contributed by atoms with Gasteiger partial charge in [-0.2, -0.15) is 5.26 Å². The van der Waals surface area contributed by atoms with Gasteiger partial charge in [0.15, 0.2) is 0 Å². The molecule has 34 heavy (non-hydrogen) atoms. The van der Waals surface area contributed by atoms with E-state index >= 15 is 0 Å². The minimum atomic E-state index is -2.06. The van der Waals surface area contributed by atoms with E-state index in [0.717, 1.165) is 12.1 Å². The molecule has 5 rings (SSSR count). The second-order valence-corrected chi connectivity index (χ2v) is 12.4. The maximum Gasteiger partial charge on any atom is 0.119 e. The van der Waals surface area contributed by atoms with Gasteiger partial charge in [-0.1, -0.05) is 60.7 Å². The van der Waals surface area contributed by atoms with Crippen LogP contribution in [0.3, 0.4) is 0 Å². The molecule has 0 fully saturated rings. The maximum atomic E-state index is 9.50. The summed E-state index contributed by atoms with van der Waals surface area (Å²) in [7, 11) is -2.06. The van der Waals surface area contributed by atoms with Crippen LogP contribution in [0.1, 0.15) is 30.6 Å². The molecule has 0 aliphatic rings. The summed E-state index contributed by atoms with van der Waals surface area (Å²) < 4.78 is 2.29. The number of nitriles is 1. The molecule has 1 unspecified atom stereocenters. The van der Waals surface area contributed by atoms with Crippen LogP contribution in [0.2, 0.25) is 0 Å². The van der Waals surface area contributed by atoms with Gasteiger partial charge in [0, 0.05) is 29.2 Å². The Morgan fingerprint density at radius 1 is 0.765 bits per heavy atom. The van der Waals surface area contributed by atoms with E-state index in [4.69, 9.17) is 0 Å². The van der Waals surface area contributed by atoms with E-state index in [1.807, 2.05) is 12.1 Å². The fraction of sp³-hybridized carbons (Fsp3) is 0.129. The summed E-state index contributed by atoms with van der Waals surface area (Å²) >= 11 is 0. The Hall–Kier alpha value is -3.66. The van der Waals surface area contributed by atoms with Crippen molar-refractivity contribution in [3.05, 3.63) is 127 Å². The van der Waals surface area contributed by atoms with Gasteiger partial charge in [-0.05, 0) is 62.4 Å². The average molecular weight is 460 g/mol. The van der Waals surface area contributed by atoms with Gasteiger partial charge in [-0.15, -0.1) is 0 Å². The first-order valence-corrected chi connectivity index (χ1v) is 13.6. The molecule has 2 nitrogen and oxygen atoms in total. The highest BCUT2D eigenvalue weighted by Gasteiger charge is 2.51. The number of nitrogens with zero attached hydrogens (tertiary/aromatic N) is 2. The molecule has 1 heterocycles. The first-order valence-electron chi connectivity index (χ1n) is 11.8. The number of fused-ring (bicyclic) bond motifs is 1. The monoisotopic (exact) mass is 459 g/mol. The Morgan fingerprint density at radius 2 is 1.26 bits per heavy atom. The molecule has 5 aromatic rings. The Morgan fingerprint density at radius 3 is 1.71 bits per heavy atom. The highest BCUT2D eigenvalue weighted by Crippen LogP contribution is 2.67. The van der Waals surface area contributed by atoms with Crippen LogP contribution in [0.5, 0.6) is 0 Å². The average Bonchev–Trinajstić information content (AvgIpc) is 3.29. The third kappa shape index (κ3) is 3.54. The Balaban J connectivity index is 1.86. The third-order valence-electron chi connectivity index (χ3n) is 6.90. The molecular weight excluding hydrogens is 431 g/mol. The molecule has 0 bridgehead atoms. The molecule has 3 heteroatoms. The third-order valence-corrected chi connectivity index (χ3v) is 11.7. The van der Waals surface area contributed by atoms with Crippen molar-refractivity contribution in [3.8, 4) is 6.07 Å². The Kier molecular flexibility index (Phi) is 6.06. The Bertz CT molecular complexity index is 1350. The van der Waals surface area contributed by atoms with Crippen molar-refractivity contribution in [2.45, 2.75) is 26.1 Å². The zero-order valence-electron chi connectivity index (χ0n) is 19.6. The van der Waals surface area contributed by atoms with Gasteiger partial charge in [0.25, 0.3) is 0 Å². The van der Waals surface area contributed by atoms with Crippen LogP contribution < -0.4 is 15.9 Å². The number of rotatable bonds is 6. The van der Waals surface area contributed by atoms with E-state index in [9.17, 15) is 5.26 Å². The molecular formula is C31H28N2P+. The molecule has 0 N–H and O–H groups in total. The van der Waals surface area contributed by atoms with Gasteiger partial charge < -0.3 is 4.57 Å². The summed E-state index contributed by atoms with van der Waals surface area (Å²) in [5, 5.41) is 14.9. The summed E-state index contributed by atoms with van der Waals surface area (Å²) in [6, 6.07) is 41.5. The van der Waals surface area contributed by atoms with Crippen LogP contribution in [0.25, 0.3) is 10.9 Å². The standard InChI is InChI=1S/C31H28N2P/c1-3-33-23-30(29-20-19-25(22-32)21-31(29)33)24(2)34(26-13-7-4-8-14-26,27-15-9-5-10-16-27)28-17-11-6-12-18-28/h4-21,23-24H,3H2,1-2H3/q+1. The molecule has 0 saturated carbocycles. The van der Waals surface area contributed by atoms with Gasteiger partial charge in [0.2, 0.25) is 0 Å². The van der Waals surface area contributed by atoms with Gasteiger partial charge in [0.05, 0.1) is 11.6 Å². The van der Waals surface area contributed by atoms with Crippen LogP contribution in [0.4, 0.5) is 0 Å². The highest BCUT2D eigenvalue weighted by molar-refractivity contribution is 7.96. The fourth-order valence-corrected chi connectivity index (χ4v) is 10.1. The molecule has 0 amide bonds. The molecule has 0 aliphatic heterocycles. The zero-order chi connectivity index (χ0) is 23.5. The summed E-state index contributed by atoms with van der Waals surface area (Å²) in [5.41, 5.74) is 3.42. The SMILES string of the molecule is CCn1cc(C(C)[P+](c2ccccc2)(c2ccccc2)c2ccccc2)c2ccc(C#N)cc21. The summed E-state index contributed by atoms with van der Waals surface area (Å²) in [6.45, 7) is 5.43. The van der Waals surface area contributed by atoms with Gasteiger partial charge >= 0.3 is 0 Å². The summed E-state index contributed by atoms with van der Waals surface area (Å²) in [4.78, 5) is 0. The number of aryl methyl sites for hydroxylation is 1. The lowest BCUT2D eigenvalue weighted by Crippen LogP contribution is -2.34. The van der Waals surface area contributed by atoms with Crippen LogP contribution in [-0.4, -0.2) is 4.57 Å². The van der Waals surface area contributed by atoms with Crippen molar-refractivity contribution in [3.63, 3.8) is 0 Å². The quantitative estimate of drug-likeness (QED) is 0.263. The lowest BCUT2D eigenvalue weighted by molar-refractivity contribution is 0.792. The number of hydrogen-bond acceptors (Lipinski definition) is 1. The van der Waals surface area contributed by atoms with E-state index in [1.54, 1.807) is 0 Å². The molecule has 0 spiro atoms. The first-order chi connectivity index (χ1) is 16.7. The maximum absolute atomic E-state index is 9.50. The topological polar surface area (TPSA) is 28.7 Å². The van der Waals surface area contributed by atoms with Crippen LogP contribution in [0, 0.1) is 11.3 Å². The number of hydrogen-bond donors (Lipinski definition) is 0. The first kappa shape index (κ1) is 22.1. The van der Waals surface area contributed by atoms with Crippen molar-refractivity contribution >= 4 is 34.1 Å². The second kappa shape index (κ2) is 9.30. The molecule has 0 saturated heterocycles. The van der Waals surface area contributed by atoms with Crippen LogP contribution >= 0.6 is 7.26 Å². The van der Waals surface area contributed by atoms with Gasteiger partial charge in [0.1, 0.15) is 28.8 Å². The van der Waals surface area contributed by atoms with E-state index in [1.165, 1.54) is 26.9 Å². The van der Waals surface area contributed by atoms with E-state index in [0.29, 0.717) is 5.56 Å². The lowest BCUT2D eigenvalue weighted by Gasteiger charge is -2.33. The molecule has 1 atom stereocenters. The van der Waals surface area contributed by atoms with Crippen molar-refractivity contribution in [1.82, 2.24) is 4.57 Å². The summed E-state index contributed by atoms with van der Waals surface area (Å²) in [5.74, 6) is 0. The molecule has 4 aromatic carbocycles. The fourth-order valence-electron chi connectivity index (χ4n) is 5.30. The van der Waals surface area contributed by atoms with Crippen LogP contribution in [-0.2, 0) is 6.54 Å². The predicted molar refractivity (Wildman–Crippen MR) is 146 cm³/mol. The largest absolute Gasteiger partial charge is 0.347 e. The summed E-state index contributed by atoms with van der Waals surface area (Å²) in [6.07, 6.45) is 2.32.